The summed E-state index contributed by atoms with van der Waals surface area (Å²) >= 11 is 6.11. The van der Waals surface area contributed by atoms with Crippen LogP contribution in [0.25, 0.3) is 0 Å². The summed E-state index contributed by atoms with van der Waals surface area (Å²) in [5, 5.41) is 0.755. The van der Waals surface area contributed by atoms with Gasteiger partial charge in [0.2, 0.25) is 5.91 Å². The Morgan fingerprint density at radius 2 is 1.55 bits per heavy atom. The van der Waals surface area contributed by atoms with Gasteiger partial charge in [0.1, 0.15) is 0 Å². The molecule has 0 saturated carbocycles. The predicted octanol–water partition coefficient (Wildman–Crippen LogP) is 3.12. The van der Waals surface area contributed by atoms with E-state index in [1.807, 2.05) is 23.1 Å². The zero-order valence-electron chi connectivity index (χ0n) is 17.1. The molecule has 154 valence electrons. The number of para-hydroxylation sites is 1. The third kappa shape index (κ3) is 4.85. The number of anilines is 2. The van der Waals surface area contributed by atoms with Crippen LogP contribution < -0.4 is 9.80 Å². The molecule has 5 nitrogen and oxygen atoms in total. The summed E-state index contributed by atoms with van der Waals surface area (Å²) in [6, 6.07) is 16.5. The molecule has 0 bridgehead atoms. The Balaban J connectivity index is 1.24. The van der Waals surface area contributed by atoms with Gasteiger partial charge in [-0.05, 0) is 36.8 Å². The van der Waals surface area contributed by atoms with Crippen LogP contribution in [0.15, 0.2) is 48.5 Å². The fraction of sp³-hybridized carbons (Fsp3) is 0.435. The molecule has 0 N–H and O–H groups in total. The number of piperazine rings is 2. The number of amides is 1. The number of benzene rings is 2. The Bertz CT molecular complexity index is 842. The molecule has 0 spiro atoms. The second kappa shape index (κ2) is 9.06. The van der Waals surface area contributed by atoms with Gasteiger partial charge in [-0.3, -0.25) is 9.69 Å². The lowest BCUT2D eigenvalue weighted by molar-refractivity contribution is -0.132. The van der Waals surface area contributed by atoms with E-state index in [-0.39, 0.29) is 5.91 Å². The minimum absolute atomic E-state index is 0.250. The first-order valence-electron chi connectivity index (χ1n) is 10.4. The maximum Gasteiger partial charge on any atom is 0.236 e. The van der Waals surface area contributed by atoms with Crippen molar-refractivity contribution in [1.29, 1.82) is 0 Å². The molecule has 0 radical (unpaired) electrons. The van der Waals surface area contributed by atoms with Crippen LogP contribution in [0.1, 0.15) is 5.56 Å². The second-order valence-corrected chi connectivity index (χ2v) is 8.33. The smallest absolute Gasteiger partial charge is 0.236 e. The number of hydrogen-bond acceptors (Lipinski definition) is 4. The van der Waals surface area contributed by atoms with Gasteiger partial charge in [-0.25, -0.2) is 0 Å². The molecule has 2 aliphatic rings. The van der Waals surface area contributed by atoms with E-state index in [4.69, 9.17) is 11.6 Å². The van der Waals surface area contributed by atoms with E-state index in [9.17, 15) is 4.79 Å². The zero-order valence-corrected chi connectivity index (χ0v) is 17.8. The van der Waals surface area contributed by atoms with Gasteiger partial charge in [-0.1, -0.05) is 35.9 Å². The first kappa shape index (κ1) is 20.0. The van der Waals surface area contributed by atoms with Crippen molar-refractivity contribution in [2.24, 2.45) is 0 Å². The number of nitrogens with zero attached hydrogens (tertiary/aromatic N) is 4. The Labute approximate surface area is 178 Å². The van der Waals surface area contributed by atoms with Gasteiger partial charge in [0, 0.05) is 68.8 Å². The molecule has 6 heteroatoms. The first-order chi connectivity index (χ1) is 14.1. The van der Waals surface area contributed by atoms with Crippen LogP contribution in [-0.4, -0.2) is 74.6 Å². The number of carbonyl (C=O) groups excluding carboxylic acids is 1. The Kier molecular flexibility index (Phi) is 6.26. The van der Waals surface area contributed by atoms with Crippen LogP contribution in [-0.2, 0) is 4.79 Å². The first-order valence-corrected chi connectivity index (χ1v) is 10.8. The third-order valence-corrected chi connectivity index (χ3v) is 6.23. The van der Waals surface area contributed by atoms with Gasteiger partial charge in [0.25, 0.3) is 0 Å². The van der Waals surface area contributed by atoms with Crippen LogP contribution in [0, 0.1) is 6.92 Å². The van der Waals surface area contributed by atoms with Crippen molar-refractivity contribution in [3.05, 3.63) is 59.1 Å². The minimum atomic E-state index is 0.250. The Morgan fingerprint density at radius 3 is 2.24 bits per heavy atom. The summed E-state index contributed by atoms with van der Waals surface area (Å²) < 4.78 is 0. The molecule has 2 aliphatic heterocycles. The highest BCUT2D eigenvalue weighted by Gasteiger charge is 2.25. The lowest BCUT2D eigenvalue weighted by atomic mass is 10.1. The largest absolute Gasteiger partial charge is 0.369 e. The van der Waals surface area contributed by atoms with E-state index >= 15 is 0 Å². The zero-order chi connectivity index (χ0) is 20.2. The van der Waals surface area contributed by atoms with Gasteiger partial charge in [0.05, 0.1) is 6.54 Å². The van der Waals surface area contributed by atoms with Crippen LogP contribution >= 0.6 is 11.6 Å². The number of carbonyl (C=O) groups is 1. The lowest BCUT2D eigenvalue weighted by Crippen LogP contribution is -2.54. The molecule has 2 fully saturated rings. The van der Waals surface area contributed by atoms with Crippen molar-refractivity contribution in [3.8, 4) is 0 Å². The maximum absolute atomic E-state index is 12.8. The van der Waals surface area contributed by atoms with E-state index in [0.29, 0.717) is 6.54 Å². The number of aryl methyl sites for hydroxylation is 1. The molecule has 1 amide bonds. The summed E-state index contributed by atoms with van der Waals surface area (Å²) in [5.41, 5.74) is 3.77. The van der Waals surface area contributed by atoms with Crippen molar-refractivity contribution in [1.82, 2.24) is 9.80 Å². The summed E-state index contributed by atoms with van der Waals surface area (Å²) in [6.07, 6.45) is 0. The van der Waals surface area contributed by atoms with Crippen molar-refractivity contribution in [2.45, 2.75) is 6.92 Å². The van der Waals surface area contributed by atoms with Crippen LogP contribution in [0.4, 0.5) is 11.4 Å². The fourth-order valence-corrected chi connectivity index (χ4v) is 4.43. The SMILES string of the molecule is Cc1ccccc1N1CCN(CC(=O)N2CCN(c3cccc(Cl)c3)CC2)CC1. The molecule has 0 aromatic heterocycles. The van der Waals surface area contributed by atoms with E-state index < -0.39 is 0 Å². The topological polar surface area (TPSA) is 30.0 Å². The van der Waals surface area contributed by atoms with Gasteiger partial charge in [-0.15, -0.1) is 0 Å². The Morgan fingerprint density at radius 1 is 0.862 bits per heavy atom. The molecule has 0 unspecified atom stereocenters. The third-order valence-electron chi connectivity index (χ3n) is 5.99. The van der Waals surface area contributed by atoms with Crippen LogP contribution in [0.2, 0.25) is 5.02 Å². The standard InChI is InChI=1S/C23H29ClN4O/c1-19-5-2-3-8-22(19)27-11-9-25(10-12-27)18-23(29)28-15-13-26(14-16-28)21-7-4-6-20(24)17-21/h2-8,17H,9-16,18H2,1H3. The molecule has 2 saturated heterocycles. The van der Waals surface area contributed by atoms with Gasteiger partial charge >= 0.3 is 0 Å². The van der Waals surface area contributed by atoms with E-state index in [0.717, 1.165) is 63.1 Å². The molecule has 2 heterocycles. The van der Waals surface area contributed by atoms with E-state index in [1.165, 1.54) is 11.3 Å². The van der Waals surface area contributed by atoms with E-state index in [2.05, 4.69) is 52.0 Å². The van der Waals surface area contributed by atoms with Crippen LogP contribution in [0.5, 0.6) is 0 Å². The number of hydrogen-bond donors (Lipinski definition) is 0. The van der Waals surface area contributed by atoms with E-state index in [1.54, 1.807) is 0 Å². The second-order valence-electron chi connectivity index (χ2n) is 7.90. The van der Waals surface area contributed by atoms with Gasteiger partial charge in [-0.2, -0.15) is 0 Å². The quantitative estimate of drug-likeness (QED) is 0.771. The maximum atomic E-state index is 12.8. The molecular formula is C23H29ClN4O. The van der Waals surface area contributed by atoms with Crippen LogP contribution in [0.3, 0.4) is 0 Å². The molecule has 0 atom stereocenters. The average molecular weight is 413 g/mol. The highest BCUT2D eigenvalue weighted by atomic mass is 35.5. The Hall–Kier alpha value is -2.24. The molecule has 29 heavy (non-hydrogen) atoms. The number of halogens is 1. The predicted molar refractivity (Wildman–Crippen MR) is 120 cm³/mol. The monoisotopic (exact) mass is 412 g/mol. The molecule has 2 aromatic rings. The molecule has 0 aliphatic carbocycles. The van der Waals surface area contributed by atoms with Gasteiger partial charge in [0.15, 0.2) is 0 Å². The molecule has 4 rings (SSSR count). The van der Waals surface area contributed by atoms with Crippen molar-refractivity contribution in [2.75, 3.05) is 68.7 Å². The summed E-state index contributed by atoms with van der Waals surface area (Å²) in [7, 11) is 0. The summed E-state index contributed by atoms with van der Waals surface area (Å²) in [4.78, 5) is 21.8. The fourth-order valence-electron chi connectivity index (χ4n) is 4.24. The summed E-state index contributed by atoms with van der Waals surface area (Å²) in [6.45, 7) is 9.75. The highest BCUT2D eigenvalue weighted by molar-refractivity contribution is 6.30. The normalized spacial score (nSPS) is 18.2. The molecular weight excluding hydrogens is 384 g/mol. The highest BCUT2D eigenvalue weighted by Crippen LogP contribution is 2.22. The van der Waals surface area contributed by atoms with Crippen molar-refractivity contribution in [3.63, 3.8) is 0 Å². The van der Waals surface area contributed by atoms with Crippen molar-refractivity contribution >= 4 is 28.9 Å². The summed E-state index contributed by atoms with van der Waals surface area (Å²) in [5.74, 6) is 0.250. The average Bonchev–Trinajstić information content (AvgIpc) is 2.75. The molecule has 2 aromatic carbocycles. The van der Waals surface area contributed by atoms with Gasteiger partial charge < -0.3 is 14.7 Å². The van der Waals surface area contributed by atoms with Crippen molar-refractivity contribution < 1.29 is 4.79 Å². The number of rotatable bonds is 4. The minimum Gasteiger partial charge on any atom is -0.369 e. The lowest BCUT2D eigenvalue weighted by Gasteiger charge is -2.39.